The number of benzene rings is 1. The minimum atomic E-state index is -0.980. The summed E-state index contributed by atoms with van der Waals surface area (Å²) >= 11 is 6.15. The Hall–Kier alpha value is -2.34. The van der Waals surface area contributed by atoms with Crippen LogP contribution in [0.4, 0.5) is 0 Å². The maximum absolute atomic E-state index is 12.5. The molecule has 0 saturated heterocycles. The molecule has 1 aromatic carbocycles. The van der Waals surface area contributed by atoms with E-state index in [0.717, 1.165) is 0 Å². The SMILES string of the molecule is Cc1onc(-c2ccccc2Cl)c1C(=O)NC(C)C(C)C(=O)O. The fourth-order valence-corrected chi connectivity index (χ4v) is 2.32. The highest BCUT2D eigenvalue weighted by molar-refractivity contribution is 6.33. The Labute approximate surface area is 138 Å². The van der Waals surface area contributed by atoms with Gasteiger partial charge in [0.25, 0.3) is 5.91 Å². The van der Waals surface area contributed by atoms with E-state index in [9.17, 15) is 9.59 Å². The predicted octanol–water partition coefficient (Wildman–Crippen LogP) is 3.14. The van der Waals surface area contributed by atoms with Crippen LogP contribution in [0.5, 0.6) is 0 Å². The number of halogens is 1. The number of hydrogen-bond acceptors (Lipinski definition) is 4. The Morgan fingerprint density at radius 3 is 2.57 bits per heavy atom. The molecule has 0 radical (unpaired) electrons. The molecule has 0 spiro atoms. The Kier molecular flexibility index (Phi) is 5.05. The van der Waals surface area contributed by atoms with Gasteiger partial charge in [0.15, 0.2) is 0 Å². The number of aliphatic carboxylic acids is 1. The largest absolute Gasteiger partial charge is 0.481 e. The van der Waals surface area contributed by atoms with E-state index >= 15 is 0 Å². The number of amides is 1. The Bertz CT molecular complexity index is 741. The standard InChI is InChI=1S/C16H17ClN2O4/c1-8(16(21)22)9(2)18-15(20)13-10(3)23-19-14(13)11-6-4-5-7-12(11)17/h4-9H,1-3H3,(H,18,20)(H,21,22). The predicted molar refractivity (Wildman–Crippen MR) is 85.4 cm³/mol. The number of nitrogens with zero attached hydrogens (tertiary/aromatic N) is 1. The highest BCUT2D eigenvalue weighted by Gasteiger charge is 2.27. The molecule has 0 aliphatic carbocycles. The minimum absolute atomic E-state index is 0.252. The van der Waals surface area contributed by atoms with Gasteiger partial charge in [-0.2, -0.15) is 0 Å². The number of nitrogens with one attached hydrogen (secondary N) is 1. The molecule has 23 heavy (non-hydrogen) atoms. The minimum Gasteiger partial charge on any atom is -0.481 e. The van der Waals surface area contributed by atoms with Gasteiger partial charge in [-0.05, 0) is 26.8 Å². The summed E-state index contributed by atoms with van der Waals surface area (Å²) in [5, 5.41) is 16.1. The van der Waals surface area contributed by atoms with Crippen molar-refractivity contribution in [2.45, 2.75) is 26.8 Å². The zero-order valence-corrected chi connectivity index (χ0v) is 13.7. The van der Waals surface area contributed by atoms with Crippen molar-refractivity contribution < 1.29 is 19.2 Å². The van der Waals surface area contributed by atoms with Gasteiger partial charge in [-0.3, -0.25) is 9.59 Å². The van der Waals surface area contributed by atoms with Crippen LogP contribution in [0.3, 0.4) is 0 Å². The van der Waals surface area contributed by atoms with Crippen LogP contribution in [0.2, 0.25) is 5.02 Å². The van der Waals surface area contributed by atoms with Crippen LogP contribution in [0.25, 0.3) is 11.3 Å². The summed E-state index contributed by atoms with van der Waals surface area (Å²) in [6, 6.07) is 6.43. The molecule has 0 fully saturated rings. The average molecular weight is 337 g/mol. The average Bonchev–Trinajstić information content (AvgIpc) is 2.88. The number of aromatic nitrogens is 1. The van der Waals surface area contributed by atoms with Crippen molar-refractivity contribution in [2.75, 3.05) is 0 Å². The molecule has 0 aliphatic heterocycles. The molecule has 0 aliphatic rings. The first-order chi connectivity index (χ1) is 10.8. The molecule has 0 bridgehead atoms. The molecule has 2 unspecified atom stereocenters. The molecule has 6 nitrogen and oxygen atoms in total. The first-order valence-electron chi connectivity index (χ1n) is 7.07. The first-order valence-corrected chi connectivity index (χ1v) is 7.45. The fourth-order valence-electron chi connectivity index (χ4n) is 2.09. The van der Waals surface area contributed by atoms with Crippen molar-refractivity contribution in [3.8, 4) is 11.3 Å². The second-order valence-corrected chi connectivity index (χ2v) is 5.74. The van der Waals surface area contributed by atoms with Crippen LogP contribution in [-0.2, 0) is 4.79 Å². The van der Waals surface area contributed by atoms with Crippen molar-refractivity contribution in [2.24, 2.45) is 5.92 Å². The molecule has 2 aromatic rings. The van der Waals surface area contributed by atoms with Crippen molar-refractivity contribution >= 4 is 23.5 Å². The molecular formula is C16H17ClN2O4. The van der Waals surface area contributed by atoms with Crippen molar-refractivity contribution in [3.63, 3.8) is 0 Å². The molecule has 1 heterocycles. The Morgan fingerprint density at radius 2 is 1.96 bits per heavy atom. The zero-order valence-electron chi connectivity index (χ0n) is 13.0. The molecule has 7 heteroatoms. The molecular weight excluding hydrogens is 320 g/mol. The van der Waals surface area contributed by atoms with Crippen LogP contribution in [-0.4, -0.2) is 28.2 Å². The summed E-state index contributed by atoms with van der Waals surface area (Å²) in [6.07, 6.45) is 0. The Morgan fingerprint density at radius 1 is 1.30 bits per heavy atom. The van der Waals surface area contributed by atoms with Gasteiger partial charge in [-0.1, -0.05) is 35.0 Å². The van der Waals surface area contributed by atoms with E-state index < -0.39 is 23.8 Å². The van der Waals surface area contributed by atoms with E-state index in [4.69, 9.17) is 21.2 Å². The van der Waals surface area contributed by atoms with E-state index in [1.807, 2.05) is 0 Å². The number of carbonyl (C=O) groups is 2. The maximum atomic E-state index is 12.5. The summed E-state index contributed by atoms with van der Waals surface area (Å²) in [4.78, 5) is 23.5. The van der Waals surface area contributed by atoms with E-state index in [-0.39, 0.29) is 5.56 Å². The van der Waals surface area contributed by atoms with Crippen LogP contribution in [0.15, 0.2) is 28.8 Å². The normalized spacial score (nSPS) is 13.4. The lowest BCUT2D eigenvalue weighted by Gasteiger charge is -2.17. The summed E-state index contributed by atoms with van der Waals surface area (Å²) < 4.78 is 5.13. The highest BCUT2D eigenvalue weighted by Crippen LogP contribution is 2.31. The number of carboxylic acid groups (broad SMARTS) is 1. The van der Waals surface area contributed by atoms with E-state index in [1.54, 1.807) is 38.1 Å². The van der Waals surface area contributed by atoms with Gasteiger partial charge in [0.05, 0.1) is 10.9 Å². The van der Waals surface area contributed by atoms with Crippen LogP contribution < -0.4 is 5.32 Å². The number of aryl methyl sites for hydroxylation is 1. The molecule has 1 amide bonds. The molecule has 2 rings (SSSR count). The fraction of sp³-hybridized carbons (Fsp3) is 0.312. The van der Waals surface area contributed by atoms with E-state index in [2.05, 4.69) is 10.5 Å². The molecule has 122 valence electrons. The van der Waals surface area contributed by atoms with Gasteiger partial charge in [0, 0.05) is 11.6 Å². The summed E-state index contributed by atoms with van der Waals surface area (Å²) in [5.74, 6) is -1.80. The third-order valence-electron chi connectivity index (χ3n) is 3.72. The third kappa shape index (κ3) is 3.53. The van der Waals surface area contributed by atoms with E-state index in [0.29, 0.717) is 22.0 Å². The molecule has 2 N–H and O–H groups in total. The smallest absolute Gasteiger partial charge is 0.308 e. The van der Waals surface area contributed by atoms with Gasteiger partial charge in [0.1, 0.15) is 17.0 Å². The second-order valence-electron chi connectivity index (χ2n) is 5.33. The van der Waals surface area contributed by atoms with Gasteiger partial charge >= 0.3 is 5.97 Å². The maximum Gasteiger partial charge on any atom is 0.308 e. The summed E-state index contributed by atoms with van der Waals surface area (Å²) in [5.41, 5.74) is 1.17. The monoisotopic (exact) mass is 336 g/mol. The number of carboxylic acids is 1. The van der Waals surface area contributed by atoms with Crippen LogP contribution in [0, 0.1) is 12.8 Å². The van der Waals surface area contributed by atoms with E-state index in [1.165, 1.54) is 6.92 Å². The Balaban J connectivity index is 2.34. The van der Waals surface area contributed by atoms with Crippen LogP contribution >= 0.6 is 11.6 Å². The highest BCUT2D eigenvalue weighted by atomic mass is 35.5. The topological polar surface area (TPSA) is 92.4 Å². The number of rotatable bonds is 5. The lowest BCUT2D eigenvalue weighted by Crippen LogP contribution is -2.40. The van der Waals surface area contributed by atoms with Gasteiger partial charge < -0.3 is 14.9 Å². The van der Waals surface area contributed by atoms with Gasteiger partial charge in [-0.15, -0.1) is 0 Å². The lowest BCUT2D eigenvalue weighted by atomic mass is 10.0. The second kappa shape index (κ2) is 6.83. The summed E-state index contributed by atoms with van der Waals surface area (Å²) in [7, 11) is 0. The third-order valence-corrected chi connectivity index (χ3v) is 4.05. The molecule has 0 saturated carbocycles. The van der Waals surface area contributed by atoms with Gasteiger partial charge in [-0.25, -0.2) is 0 Å². The first kappa shape index (κ1) is 17.0. The zero-order chi connectivity index (χ0) is 17.1. The van der Waals surface area contributed by atoms with Crippen molar-refractivity contribution in [1.82, 2.24) is 10.5 Å². The number of carbonyl (C=O) groups excluding carboxylic acids is 1. The molecule has 1 aromatic heterocycles. The van der Waals surface area contributed by atoms with Gasteiger partial charge in [0.2, 0.25) is 0 Å². The number of hydrogen-bond donors (Lipinski definition) is 2. The quantitative estimate of drug-likeness (QED) is 0.875. The summed E-state index contributed by atoms with van der Waals surface area (Å²) in [6.45, 7) is 4.78. The van der Waals surface area contributed by atoms with Crippen molar-refractivity contribution in [3.05, 3.63) is 40.6 Å². The molecule has 2 atom stereocenters. The van der Waals surface area contributed by atoms with Crippen molar-refractivity contribution in [1.29, 1.82) is 0 Å². The van der Waals surface area contributed by atoms with Crippen LogP contribution in [0.1, 0.15) is 30.0 Å². The lowest BCUT2D eigenvalue weighted by molar-refractivity contribution is -0.141.